The lowest BCUT2D eigenvalue weighted by atomic mass is 10.1. The molecule has 2 aromatic carbocycles. The number of hydrogen-bond acceptors (Lipinski definition) is 6. The molecule has 0 amide bonds. The van der Waals surface area contributed by atoms with E-state index in [1.807, 2.05) is 60.8 Å². The Kier molecular flexibility index (Phi) is 6.57. The third-order valence-electron chi connectivity index (χ3n) is 6.76. The van der Waals surface area contributed by atoms with Crippen molar-refractivity contribution in [2.45, 2.75) is 51.9 Å². The lowest BCUT2D eigenvalue weighted by Crippen LogP contribution is -2.27. The van der Waals surface area contributed by atoms with Crippen molar-refractivity contribution in [3.8, 4) is 11.4 Å². The molecular weight excluding hydrogens is 476 g/mol. The number of anilines is 1. The first-order chi connectivity index (χ1) is 17.8. The number of unbranched alkanes of at least 4 members (excludes halogenated alkanes) is 2. The number of nitrogens with zero attached hydrogens (tertiary/aromatic N) is 6. The number of hydrogen-bond donors (Lipinski definition) is 1. The van der Waals surface area contributed by atoms with Gasteiger partial charge in [0.1, 0.15) is 11.6 Å². The van der Waals surface area contributed by atoms with Crippen LogP contribution in [0.4, 0.5) is 14.6 Å². The number of nitrogens with one attached hydrogen (secondary N) is 1. The Morgan fingerprint density at radius 1 is 1.00 bits per heavy atom. The van der Waals surface area contributed by atoms with Gasteiger partial charge in [0.2, 0.25) is 11.4 Å². The summed E-state index contributed by atoms with van der Waals surface area (Å²) in [6.07, 6.45) is 1.25. The van der Waals surface area contributed by atoms with E-state index in [1.165, 1.54) is 6.92 Å². The Hall–Kier alpha value is -3.95. The van der Waals surface area contributed by atoms with Crippen LogP contribution in [-0.2, 0) is 11.8 Å². The molecule has 0 atom stereocenters. The molecule has 0 spiro atoms. The normalized spacial score (nSPS) is 12.1. The quantitative estimate of drug-likeness (QED) is 0.244. The van der Waals surface area contributed by atoms with Gasteiger partial charge in [-0.05, 0) is 50.1 Å². The Balaban J connectivity index is 1.37. The molecule has 0 saturated carbocycles. The molecule has 37 heavy (non-hydrogen) atoms. The maximum atomic E-state index is 13.4. The van der Waals surface area contributed by atoms with Crippen LogP contribution in [0.1, 0.15) is 44.9 Å². The van der Waals surface area contributed by atoms with E-state index in [2.05, 4.69) is 20.1 Å². The first kappa shape index (κ1) is 24.7. The molecule has 0 aliphatic heterocycles. The fourth-order valence-corrected chi connectivity index (χ4v) is 4.61. The lowest BCUT2D eigenvalue weighted by molar-refractivity contribution is -0.143. The molecule has 0 radical (unpaired) electrons. The van der Waals surface area contributed by atoms with Crippen LogP contribution in [0.3, 0.4) is 0 Å². The minimum atomic E-state index is -3.22. The zero-order valence-corrected chi connectivity index (χ0v) is 21.1. The van der Waals surface area contributed by atoms with Gasteiger partial charge in [0.25, 0.3) is 0 Å². The van der Waals surface area contributed by atoms with Gasteiger partial charge in [-0.15, -0.1) is 10.2 Å². The van der Waals surface area contributed by atoms with Crippen molar-refractivity contribution >= 4 is 39.3 Å². The Bertz CT molecular complexity index is 1610. The van der Waals surface area contributed by atoms with Gasteiger partial charge in [0, 0.05) is 32.0 Å². The van der Waals surface area contributed by atoms with Crippen molar-refractivity contribution in [3.05, 3.63) is 48.3 Å². The minimum Gasteiger partial charge on any atom is -0.367 e. The average molecular weight is 506 g/mol. The van der Waals surface area contributed by atoms with Gasteiger partial charge in [-0.1, -0.05) is 25.5 Å². The van der Waals surface area contributed by atoms with Crippen molar-refractivity contribution in [3.63, 3.8) is 0 Å². The average Bonchev–Trinajstić information content (AvgIpc) is 3.46. The molecule has 192 valence electrons. The summed E-state index contributed by atoms with van der Waals surface area (Å²) in [5, 5.41) is 11.9. The van der Waals surface area contributed by atoms with Gasteiger partial charge < -0.3 is 9.88 Å². The molecule has 3 aromatic heterocycles. The largest absolute Gasteiger partial charge is 0.367 e. The van der Waals surface area contributed by atoms with Crippen molar-refractivity contribution in [2.75, 3.05) is 11.9 Å². The lowest BCUT2D eigenvalue weighted by Gasteiger charge is -2.12. The van der Waals surface area contributed by atoms with E-state index >= 15 is 0 Å². The van der Waals surface area contributed by atoms with Gasteiger partial charge in [-0.3, -0.25) is 9.20 Å². The molecule has 8 nitrogen and oxygen atoms in total. The van der Waals surface area contributed by atoms with Gasteiger partial charge in [-0.25, -0.2) is 9.97 Å². The van der Waals surface area contributed by atoms with Crippen LogP contribution in [0.2, 0.25) is 0 Å². The van der Waals surface area contributed by atoms with Crippen molar-refractivity contribution in [1.82, 2.24) is 29.1 Å². The summed E-state index contributed by atoms with van der Waals surface area (Å²) in [4.78, 5) is 21.3. The highest BCUT2D eigenvalue weighted by Crippen LogP contribution is 2.29. The SMILES string of the molecule is CCC(F)(F)C(=O)CCCCCNc1nc2cc(-c3nc4ccccc4n3C)ccc2n2c(C)nnc12. The zero-order chi connectivity index (χ0) is 26.2. The maximum Gasteiger partial charge on any atom is 0.305 e. The third kappa shape index (κ3) is 4.63. The third-order valence-corrected chi connectivity index (χ3v) is 6.76. The number of halogens is 2. The number of carbonyl (C=O) groups excluding carboxylic acids is 1. The number of carbonyl (C=O) groups is 1. The molecule has 0 aliphatic carbocycles. The Labute approximate surface area is 212 Å². The number of aryl methyl sites for hydroxylation is 2. The number of imidazole rings is 1. The summed E-state index contributed by atoms with van der Waals surface area (Å²) in [6, 6.07) is 14.1. The summed E-state index contributed by atoms with van der Waals surface area (Å²) in [5.41, 5.74) is 5.22. The number of alkyl halides is 2. The molecule has 10 heteroatoms. The molecular formula is C27H29F2N7O. The molecule has 0 aliphatic rings. The fraction of sp³-hybridized carbons (Fsp3) is 0.370. The van der Waals surface area contributed by atoms with E-state index in [-0.39, 0.29) is 6.42 Å². The maximum absolute atomic E-state index is 13.4. The van der Waals surface area contributed by atoms with E-state index in [0.29, 0.717) is 37.3 Å². The smallest absolute Gasteiger partial charge is 0.305 e. The summed E-state index contributed by atoms with van der Waals surface area (Å²) in [5.74, 6) is -2.00. The van der Waals surface area contributed by atoms with Crippen molar-refractivity contribution in [2.24, 2.45) is 7.05 Å². The highest BCUT2D eigenvalue weighted by Gasteiger charge is 2.34. The van der Waals surface area contributed by atoms with Crippen LogP contribution < -0.4 is 5.32 Å². The van der Waals surface area contributed by atoms with E-state index in [1.54, 1.807) is 0 Å². The molecule has 0 saturated heterocycles. The summed E-state index contributed by atoms with van der Waals surface area (Å²) in [6.45, 7) is 3.79. The molecule has 0 bridgehead atoms. The van der Waals surface area contributed by atoms with Crippen molar-refractivity contribution in [1.29, 1.82) is 0 Å². The fourth-order valence-electron chi connectivity index (χ4n) is 4.61. The number of fused-ring (bicyclic) bond motifs is 4. The van der Waals surface area contributed by atoms with E-state index < -0.39 is 18.1 Å². The summed E-state index contributed by atoms with van der Waals surface area (Å²) in [7, 11) is 2.00. The van der Waals surface area contributed by atoms with E-state index in [4.69, 9.17) is 9.97 Å². The number of benzene rings is 2. The van der Waals surface area contributed by atoms with Crippen LogP contribution in [-0.4, -0.2) is 47.4 Å². The summed E-state index contributed by atoms with van der Waals surface area (Å²) < 4.78 is 30.9. The number of rotatable bonds is 10. The first-order valence-electron chi connectivity index (χ1n) is 12.5. The standard InChI is InChI=1S/C27H29F2N7O/c1-4-27(28,29)23(37)12-6-5-9-15-30-24-26-34-33-17(2)36(26)22-14-13-18(16-20(22)31-24)25-32-19-10-7-8-11-21(19)35(25)3/h7-8,10-11,13-14,16H,4-6,9,12,15H2,1-3H3,(H,30,31). The predicted molar refractivity (Wildman–Crippen MR) is 140 cm³/mol. The molecule has 1 N–H and O–H groups in total. The zero-order valence-electron chi connectivity index (χ0n) is 21.1. The molecule has 0 fully saturated rings. The summed E-state index contributed by atoms with van der Waals surface area (Å²) >= 11 is 0. The van der Waals surface area contributed by atoms with E-state index in [9.17, 15) is 13.6 Å². The molecule has 5 rings (SSSR count). The monoisotopic (exact) mass is 505 g/mol. The topological polar surface area (TPSA) is 90.0 Å². The first-order valence-corrected chi connectivity index (χ1v) is 12.5. The van der Waals surface area contributed by atoms with Crippen LogP contribution >= 0.6 is 0 Å². The van der Waals surface area contributed by atoms with Gasteiger partial charge in [0.05, 0.1) is 22.1 Å². The minimum absolute atomic E-state index is 0.104. The predicted octanol–water partition coefficient (Wildman–Crippen LogP) is 5.73. The Morgan fingerprint density at radius 2 is 1.81 bits per heavy atom. The molecule has 3 heterocycles. The van der Waals surface area contributed by atoms with Crippen LogP contribution in [0.25, 0.3) is 39.1 Å². The van der Waals surface area contributed by atoms with Crippen LogP contribution in [0.15, 0.2) is 42.5 Å². The Morgan fingerprint density at radius 3 is 2.59 bits per heavy atom. The second-order valence-corrected chi connectivity index (χ2v) is 9.27. The number of ketones is 1. The van der Waals surface area contributed by atoms with Crippen LogP contribution in [0, 0.1) is 6.92 Å². The highest BCUT2D eigenvalue weighted by molar-refractivity contribution is 5.88. The highest BCUT2D eigenvalue weighted by atomic mass is 19.3. The van der Waals surface area contributed by atoms with Gasteiger partial charge >= 0.3 is 5.92 Å². The van der Waals surface area contributed by atoms with Gasteiger partial charge in [-0.2, -0.15) is 8.78 Å². The number of Topliss-reactive ketones (excluding diaryl/α,β-unsaturated/α-hetero) is 1. The second-order valence-electron chi connectivity index (χ2n) is 9.27. The molecule has 5 aromatic rings. The van der Waals surface area contributed by atoms with Crippen molar-refractivity contribution < 1.29 is 13.6 Å². The van der Waals surface area contributed by atoms with Gasteiger partial charge in [0.15, 0.2) is 5.82 Å². The number of aromatic nitrogens is 6. The molecule has 0 unspecified atom stereocenters. The van der Waals surface area contributed by atoms with E-state index in [0.717, 1.165) is 39.3 Å². The van der Waals surface area contributed by atoms with Crippen LogP contribution in [0.5, 0.6) is 0 Å². The number of para-hydroxylation sites is 2. The second kappa shape index (κ2) is 9.84.